The average molecular weight is 378 g/mol. The van der Waals surface area contributed by atoms with Gasteiger partial charge in [-0.3, -0.25) is 9.59 Å². The van der Waals surface area contributed by atoms with Crippen molar-refractivity contribution in [3.8, 4) is 0 Å². The van der Waals surface area contributed by atoms with Gasteiger partial charge in [0.2, 0.25) is 5.91 Å². The maximum Gasteiger partial charge on any atom is 0.264 e. The predicted octanol–water partition coefficient (Wildman–Crippen LogP) is 3.03. The van der Waals surface area contributed by atoms with Gasteiger partial charge in [-0.05, 0) is 25.0 Å². The van der Waals surface area contributed by atoms with Gasteiger partial charge in [0.25, 0.3) is 5.91 Å². The summed E-state index contributed by atoms with van der Waals surface area (Å²) in [6.07, 6.45) is 1.52. The molecule has 0 spiro atoms. The van der Waals surface area contributed by atoms with E-state index in [-0.39, 0.29) is 11.8 Å². The zero-order valence-electron chi connectivity index (χ0n) is 10.7. The standard InChI is InChI=1S/C13H14BrClN2O2S/c1-8(14)7-16-12(18)9-3-2-6-17(9)13(19)10-4-5-11(15)20-10/h4-5,9H,1-3,6-7H2,(H,16,18)/t9-/m0/s1. The van der Waals surface area contributed by atoms with E-state index in [1.165, 1.54) is 11.3 Å². The zero-order valence-corrected chi connectivity index (χ0v) is 13.9. The number of amides is 2. The van der Waals surface area contributed by atoms with Gasteiger partial charge in [0.05, 0.1) is 9.21 Å². The highest BCUT2D eigenvalue weighted by molar-refractivity contribution is 9.11. The molecule has 1 aliphatic heterocycles. The van der Waals surface area contributed by atoms with Crippen molar-refractivity contribution in [2.24, 2.45) is 0 Å². The smallest absolute Gasteiger partial charge is 0.264 e. The summed E-state index contributed by atoms with van der Waals surface area (Å²) in [4.78, 5) is 26.7. The number of nitrogens with zero attached hydrogens (tertiary/aromatic N) is 1. The van der Waals surface area contributed by atoms with Gasteiger partial charge in [0.15, 0.2) is 0 Å². The Hall–Kier alpha value is -0.850. The molecule has 1 N–H and O–H groups in total. The van der Waals surface area contributed by atoms with Crippen LogP contribution < -0.4 is 5.32 Å². The lowest BCUT2D eigenvalue weighted by atomic mass is 10.2. The number of carbonyl (C=O) groups excluding carboxylic acids is 2. The first-order chi connectivity index (χ1) is 9.49. The normalized spacial score (nSPS) is 18.1. The van der Waals surface area contributed by atoms with Crippen molar-refractivity contribution in [1.82, 2.24) is 10.2 Å². The Morgan fingerprint density at radius 1 is 1.55 bits per heavy atom. The molecule has 0 aromatic carbocycles. The molecule has 1 fully saturated rings. The van der Waals surface area contributed by atoms with Crippen molar-refractivity contribution in [3.05, 3.63) is 32.4 Å². The van der Waals surface area contributed by atoms with Crippen molar-refractivity contribution in [1.29, 1.82) is 0 Å². The van der Waals surface area contributed by atoms with Gasteiger partial charge in [-0.1, -0.05) is 34.1 Å². The monoisotopic (exact) mass is 376 g/mol. The quantitative estimate of drug-likeness (QED) is 0.877. The minimum atomic E-state index is -0.407. The third-order valence-electron chi connectivity index (χ3n) is 3.05. The van der Waals surface area contributed by atoms with Crippen LogP contribution in [0.4, 0.5) is 0 Å². The largest absolute Gasteiger partial charge is 0.350 e. The summed E-state index contributed by atoms with van der Waals surface area (Å²) in [5.41, 5.74) is 0. The van der Waals surface area contributed by atoms with E-state index >= 15 is 0 Å². The van der Waals surface area contributed by atoms with Gasteiger partial charge in [0, 0.05) is 17.6 Å². The summed E-state index contributed by atoms with van der Waals surface area (Å²) in [6, 6.07) is 2.98. The number of nitrogens with one attached hydrogen (secondary N) is 1. The zero-order chi connectivity index (χ0) is 14.7. The van der Waals surface area contributed by atoms with Crippen molar-refractivity contribution >= 4 is 50.7 Å². The highest BCUT2D eigenvalue weighted by Crippen LogP contribution is 2.26. The average Bonchev–Trinajstić information content (AvgIpc) is 3.03. The Morgan fingerprint density at radius 2 is 2.30 bits per heavy atom. The van der Waals surface area contributed by atoms with Crippen molar-refractivity contribution in [2.45, 2.75) is 18.9 Å². The Labute approximate surface area is 134 Å². The number of halogens is 2. The van der Waals surface area contributed by atoms with Crippen LogP contribution in [0.5, 0.6) is 0 Å². The fraction of sp³-hybridized carbons (Fsp3) is 0.385. The number of hydrogen-bond acceptors (Lipinski definition) is 3. The molecule has 108 valence electrons. The number of thiophene rings is 1. The summed E-state index contributed by atoms with van der Waals surface area (Å²) < 4.78 is 1.27. The molecule has 0 saturated carbocycles. The molecule has 0 radical (unpaired) electrons. The first-order valence-electron chi connectivity index (χ1n) is 6.16. The first kappa shape index (κ1) is 15.5. The molecule has 0 aliphatic carbocycles. The van der Waals surface area contributed by atoms with Crippen LogP contribution in [0.2, 0.25) is 4.34 Å². The second-order valence-electron chi connectivity index (χ2n) is 4.50. The van der Waals surface area contributed by atoms with Crippen molar-refractivity contribution in [2.75, 3.05) is 13.1 Å². The van der Waals surface area contributed by atoms with Gasteiger partial charge >= 0.3 is 0 Å². The number of rotatable bonds is 4. The van der Waals surface area contributed by atoms with Gasteiger partial charge < -0.3 is 10.2 Å². The molecular formula is C13H14BrClN2O2S. The third-order valence-corrected chi connectivity index (χ3v) is 4.55. The maximum absolute atomic E-state index is 12.4. The van der Waals surface area contributed by atoms with E-state index in [1.807, 2.05) is 0 Å². The number of carbonyl (C=O) groups is 2. The summed E-state index contributed by atoms with van der Waals surface area (Å²) >= 11 is 10.3. The molecule has 1 aliphatic rings. The summed E-state index contributed by atoms with van der Waals surface area (Å²) in [7, 11) is 0. The molecular weight excluding hydrogens is 364 g/mol. The Morgan fingerprint density at radius 3 is 2.90 bits per heavy atom. The second kappa shape index (κ2) is 6.74. The van der Waals surface area contributed by atoms with Crippen LogP contribution in [0.15, 0.2) is 23.2 Å². The van der Waals surface area contributed by atoms with Crippen molar-refractivity contribution in [3.63, 3.8) is 0 Å². The SMILES string of the molecule is C=C(Br)CNC(=O)[C@@H]1CCCN1C(=O)c1ccc(Cl)s1. The molecule has 1 atom stereocenters. The molecule has 4 nitrogen and oxygen atoms in total. The summed E-state index contributed by atoms with van der Waals surface area (Å²) in [5.74, 6) is -0.267. The van der Waals surface area contributed by atoms with Crippen LogP contribution in [0.1, 0.15) is 22.5 Å². The molecule has 2 rings (SSSR count). The van der Waals surface area contributed by atoms with Crippen LogP contribution in [-0.4, -0.2) is 35.8 Å². The lowest BCUT2D eigenvalue weighted by Gasteiger charge is -2.23. The maximum atomic E-state index is 12.4. The van der Waals surface area contributed by atoms with Gasteiger partial charge in [-0.15, -0.1) is 11.3 Å². The topological polar surface area (TPSA) is 49.4 Å². The second-order valence-corrected chi connectivity index (χ2v) is 7.33. The van der Waals surface area contributed by atoms with Crippen LogP contribution in [-0.2, 0) is 4.79 Å². The van der Waals surface area contributed by atoms with Crippen LogP contribution in [0.3, 0.4) is 0 Å². The molecule has 1 saturated heterocycles. The summed E-state index contributed by atoms with van der Waals surface area (Å²) in [6.45, 7) is 4.63. The molecule has 7 heteroatoms. The summed E-state index contributed by atoms with van der Waals surface area (Å²) in [5, 5.41) is 2.76. The molecule has 0 bridgehead atoms. The molecule has 2 amide bonds. The minimum Gasteiger partial charge on any atom is -0.350 e. The Balaban J connectivity index is 2.05. The van der Waals surface area contributed by atoms with Crippen molar-refractivity contribution < 1.29 is 9.59 Å². The molecule has 0 unspecified atom stereocenters. The fourth-order valence-corrected chi connectivity index (χ4v) is 3.29. The highest BCUT2D eigenvalue weighted by Gasteiger charge is 2.34. The van der Waals surface area contributed by atoms with Gasteiger partial charge in [-0.25, -0.2) is 0 Å². The molecule has 1 aromatic heterocycles. The lowest BCUT2D eigenvalue weighted by molar-refractivity contribution is -0.124. The number of likely N-dealkylation sites (tertiary alicyclic amines) is 1. The Bertz CT molecular complexity index is 546. The van der Waals surface area contributed by atoms with E-state index in [1.54, 1.807) is 17.0 Å². The molecule has 20 heavy (non-hydrogen) atoms. The van der Waals surface area contributed by atoms with Crippen LogP contribution in [0, 0.1) is 0 Å². The minimum absolute atomic E-state index is 0.128. The van der Waals surface area contributed by atoms with E-state index in [0.717, 1.165) is 6.42 Å². The van der Waals surface area contributed by atoms with E-state index in [0.29, 0.717) is 33.2 Å². The van der Waals surface area contributed by atoms with E-state index in [4.69, 9.17) is 11.6 Å². The lowest BCUT2D eigenvalue weighted by Crippen LogP contribution is -2.46. The highest BCUT2D eigenvalue weighted by atomic mass is 79.9. The Kier molecular flexibility index (Phi) is 5.23. The van der Waals surface area contributed by atoms with E-state index < -0.39 is 6.04 Å². The number of hydrogen-bond donors (Lipinski definition) is 1. The van der Waals surface area contributed by atoms with Crippen LogP contribution in [0.25, 0.3) is 0 Å². The molecule has 2 heterocycles. The predicted molar refractivity (Wildman–Crippen MR) is 84.5 cm³/mol. The van der Waals surface area contributed by atoms with Gasteiger partial charge in [-0.2, -0.15) is 0 Å². The van der Waals surface area contributed by atoms with E-state index in [9.17, 15) is 9.59 Å². The van der Waals surface area contributed by atoms with E-state index in [2.05, 4.69) is 27.8 Å². The fourth-order valence-electron chi connectivity index (χ4n) is 2.15. The van der Waals surface area contributed by atoms with Gasteiger partial charge in [0.1, 0.15) is 6.04 Å². The molecule has 1 aromatic rings. The third kappa shape index (κ3) is 3.62. The van der Waals surface area contributed by atoms with Crippen LogP contribution >= 0.6 is 38.9 Å². The first-order valence-corrected chi connectivity index (χ1v) is 8.15.